The lowest BCUT2D eigenvalue weighted by molar-refractivity contribution is 0.199. The lowest BCUT2D eigenvalue weighted by atomic mass is 9.68. The van der Waals surface area contributed by atoms with Gasteiger partial charge in [0.25, 0.3) is 0 Å². The third kappa shape index (κ3) is 3.75. The number of hydrogen-bond acceptors (Lipinski definition) is 6. The molecule has 1 aliphatic heterocycles. The fraction of sp³-hybridized carbons (Fsp3) is 0.471. The van der Waals surface area contributed by atoms with Gasteiger partial charge in [-0.3, -0.25) is 0 Å². The van der Waals surface area contributed by atoms with Gasteiger partial charge in [0, 0.05) is 36.9 Å². The van der Waals surface area contributed by atoms with Crippen molar-refractivity contribution in [3.05, 3.63) is 30.0 Å². The third-order valence-corrected chi connectivity index (χ3v) is 6.61. The molecule has 144 valence electrons. The number of nitrogens with one attached hydrogen (secondary N) is 2. The summed E-state index contributed by atoms with van der Waals surface area (Å²) in [4.78, 5) is 7.39. The van der Waals surface area contributed by atoms with Gasteiger partial charge in [-0.25, -0.2) is 18.1 Å². The molecule has 8 nitrogen and oxygen atoms in total. The number of sulfonamides is 1. The van der Waals surface area contributed by atoms with Crippen LogP contribution >= 0.6 is 0 Å². The van der Waals surface area contributed by atoms with Crippen LogP contribution in [0.5, 0.6) is 5.75 Å². The Bertz CT molecular complexity index is 968. The Balaban J connectivity index is 1.48. The topological polar surface area (TPSA) is 114 Å². The molecule has 0 bridgehead atoms. The molecule has 3 heterocycles. The van der Waals surface area contributed by atoms with Gasteiger partial charge in [-0.2, -0.15) is 0 Å². The molecule has 10 heteroatoms. The first kappa shape index (κ1) is 18.5. The Morgan fingerprint density at radius 1 is 1.48 bits per heavy atom. The van der Waals surface area contributed by atoms with Crippen molar-refractivity contribution in [3.63, 3.8) is 0 Å². The molecule has 2 aromatic heterocycles. The molecule has 0 unspecified atom stereocenters. The van der Waals surface area contributed by atoms with E-state index >= 15 is 0 Å². The van der Waals surface area contributed by atoms with Crippen molar-refractivity contribution in [3.8, 4) is 5.75 Å². The monoisotopic (exact) mass is 391 g/mol. The predicted molar refractivity (Wildman–Crippen MR) is 103 cm³/mol. The van der Waals surface area contributed by atoms with Crippen LogP contribution in [-0.4, -0.2) is 56.0 Å². The summed E-state index contributed by atoms with van der Waals surface area (Å²) < 4.78 is 37.4. The van der Waals surface area contributed by atoms with Crippen molar-refractivity contribution < 1.29 is 22.8 Å². The van der Waals surface area contributed by atoms with E-state index in [0.717, 1.165) is 22.2 Å². The fourth-order valence-electron chi connectivity index (χ4n) is 3.79. The Hall–Kier alpha value is -1.88. The lowest BCUT2D eigenvalue weighted by Crippen LogP contribution is -2.46. The summed E-state index contributed by atoms with van der Waals surface area (Å²) in [6.07, 6.45) is 5.28. The van der Waals surface area contributed by atoms with Crippen LogP contribution in [0.25, 0.3) is 16.6 Å². The average Bonchev–Trinajstić information content (AvgIpc) is 3.05. The van der Waals surface area contributed by atoms with Crippen LogP contribution in [0.3, 0.4) is 0 Å². The SMILES string of the molecule is COCCCS(=O)(=O)N[C@H]1C[C@@H](C2=CB(O)Oc3cnc4[nH]ccc4c32)C1. The minimum absolute atomic E-state index is 0.0652. The van der Waals surface area contributed by atoms with E-state index in [1.807, 2.05) is 12.3 Å². The van der Waals surface area contributed by atoms with Gasteiger partial charge in [0.15, 0.2) is 0 Å². The van der Waals surface area contributed by atoms with Crippen LogP contribution in [0.2, 0.25) is 0 Å². The van der Waals surface area contributed by atoms with Crippen LogP contribution in [-0.2, 0) is 14.8 Å². The number of nitrogens with zero attached hydrogens (tertiary/aromatic N) is 1. The van der Waals surface area contributed by atoms with E-state index in [4.69, 9.17) is 9.39 Å². The number of pyridine rings is 1. The summed E-state index contributed by atoms with van der Waals surface area (Å²) in [6, 6.07) is 1.85. The van der Waals surface area contributed by atoms with E-state index in [1.165, 1.54) is 0 Å². The molecule has 0 saturated heterocycles. The minimum Gasteiger partial charge on any atom is -0.531 e. The molecule has 27 heavy (non-hydrogen) atoms. The molecule has 2 aromatic rings. The highest BCUT2D eigenvalue weighted by atomic mass is 32.2. The van der Waals surface area contributed by atoms with E-state index in [1.54, 1.807) is 19.3 Å². The van der Waals surface area contributed by atoms with Crippen molar-refractivity contribution >= 4 is 33.7 Å². The van der Waals surface area contributed by atoms with E-state index in [2.05, 4.69) is 14.7 Å². The van der Waals surface area contributed by atoms with Gasteiger partial charge in [0.1, 0.15) is 11.4 Å². The normalized spacial score (nSPS) is 22.1. The molecule has 3 N–H and O–H groups in total. The highest BCUT2D eigenvalue weighted by Crippen LogP contribution is 2.46. The molecule has 1 aliphatic carbocycles. The van der Waals surface area contributed by atoms with Gasteiger partial charge in [-0.1, -0.05) is 0 Å². The molecule has 0 spiro atoms. The Morgan fingerprint density at radius 3 is 3.07 bits per heavy atom. The minimum atomic E-state index is -3.30. The largest absolute Gasteiger partial charge is 0.552 e. The van der Waals surface area contributed by atoms with Crippen molar-refractivity contribution in [1.82, 2.24) is 14.7 Å². The summed E-state index contributed by atoms with van der Waals surface area (Å²) in [6.45, 7) is 0.427. The molecular formula is C17H22BN3O5S. The van der Waals surface area contributed by atoms with Crippen molar-refractivity contribution in [2.75, 3.05) is 19.5 Å². The molecule has 1 fully saturated rings. The summed E-state index contributed by atoms with van der Waals surface area (Å²) in [7, 11) is -2.76. The lowest BCUT2D eigenvalue weighted by Gasteiger charge is -2.39. The van der Waals surface area contributed by atoms with Crippen molar-refractivity contribution in [2.24, 2.45) is 5.92 Å². The number of aromatic amines is 1. The number of allylic oxidation sites excluding steroid dienone is 1. The van der Waals surface area contributed by atoms with E-state index in [0.29, 0.717) is 31.6 Å². The second-order valence-corrected chi connectivity index (χ2v) is 8.89. The first-order valence-corrected chi connectivity index (χ1v) is 10.6. The van der Waals surface area contributed by atoms with Crippen LogP contribution in [0, 0.1) is 5.92 Å². The average molecular weight is 391 g/mol. The number of H-pyrrole nitrogens is 1. The fourth-order valence-corrected chi connectivity index (χ4v) is 5.11. The number of hydrogen-bond donors (Lipinski definition) is 3. The van der Waals surface area contributed by atoms with Crippen LogP contribution in [0.1, 0.15) is 24.8 Å². The van der Waals surface area contributed by atoms with Crippen LogP contribution < -0.4 is 9.38 Å². The molecule has 0 radical (unpaired) electrons. The molecule has 0 amide bonds. The summed E-state index contributed by atoms with van der Waals surface area (Å²) in [5.74, 6) is 2.49. The van der Waals surface area contributed by atoms with Crippen LogP contribution in [0.4, 0.5) is 0 Å². The van der Waals surface area contributed by atoms with Gasteiger partial charge in [0.2, 0.25) is 10.0 Å². The number of rotatable bonds is 7. The van der Waals surface area contributed by atoms with Crippen molar-refractivity contribution in [1.29, 1.82) is 0 Å². The maximum atomic E-state index is 12.1. The number of fused-ring (bicyclic) bond motifs is 3. The van der Waals surface area contributed by atoms with Gasteiger partial charge in [-0.05, 0) is 42.8 Å². The summed E-state index contributed by atoms with van der Waals surface area (Å²) >= 11 is 0. The first-order valence-electron chi connectivity index (χ1n) is 8.98. The Morgan fingerprint density at radius 2 is 2.30 bits per heavy atom. The molecule has 0 atom stereocenters. The van der Waals surface area contributed by atoms with E-state index in [-0.39, 0.29) is 17.7 Å². The van der Waals surface area contributed by atoms with Crippen LogP contribution in [0.15, 0.2) is 24.4 Å². The number of methoxy groups -OCH3 is 1. The highest BCUT2D eigenvalue weighted by molar-refractivity contribution is 7.89. The van der Waals surface area contributed by atoms with Gasteiger partial charge in [-0.15, -0.1) is 0 Å². The Labute approximate surface area is 158 Å². The maximum Gasteiger partial charge on any atom is 0.552 e. The second-order valence-electron chi connectivity index (χ2n) is 7.02. The first-order chi connectivity index (χ1) is 13.0. The zero-order chi connectivity index (χ0) is 19.0. The van der Waals surface area contributed by atoms with Gasteiger partial charge < -0.3 is 19.4 Å². The third-order valence-electron chi connectivity index (χ3n) is 5.10. The predicted octanol–water partition coefficient (Wildman–Crippen LogP) is 1.09. The molecular weight excluding hydrogens is 369 g/mol. The zero-order valence-electron chi connectivity index (χ0n) is 15.0. The van der Waals surface area contributed by atoms with Crippen molar-refractivity contribution in [2.45, 2.75) is 25.3 Å². The second kappa shape index (κ2) is 7.27. The molecule has 2 aliphatic rings. The standard InChI is InChI=1S/C17H22BN3O5S/c1-25-5-2-6-27(23,24)21-12-7-11(8-12)14-9-18(22)26-15-10-20-17-13(16(14)15)3-4-19-17/h3-4,9-12,21-22H,2,5-8H2,1H3,(H,19,20)/t11-,12+. The number of aromatic nitrogens is 2. The quantitative estimate of drug-likeness (QED) is 0.481. The van der Waals surface area contributed by atoms with E-state index < -0.39 is 17.1 Å². The molecule has 1 saturated carbocycles. The highest BCUT2D eigenvalue weighted by Gasteiger charge is 2.38. The summed E-state index contributed by atoms with van der Waals surface area (Å²) in [5, 5.41) is 11.0. The maximum absolute atomic E-state index is 12.1. The van der Waals surface area contributed by atoms with E-state index in [9.17, 15) is 13.4 Å². The molecule has 4 rings (SSSR count). The Kier molecular flexibility index (Phi) is 4.98. The smallest absolute Gasteiger partial charge is 0.531 e. The summed E-state index contributed by atoms with van der Waals surface area (Å²) in [5.41, 5.74) is 2.68. The number of ether oxygens (including phenoxy) is 1. The van der Waals surface area contributed by atoms with Gasteiger partial charge in [0.05, 0.1) is 11.9 Å². The zero-order valence-corrected chi connectivity index (χ0v) is 15.8. The van der Waals surface area contributed by atoms with Gasteiger partial charge >= 0.3 is 7.12 Å². The molecule has 0 aromatic carbocycles.